The summed E-state index contributed by atoms with van der Waals surface area (Å²) in [5.41, 5.74) is 1.31. The Morgan fingerprint density at radius 3 is 2.76 bits per heavy atom. The van der Waals surface area contributed by atoms with Crippen LogP contribution in [0.2, 0.25) is 5.02 Å². The maximum absolute atomic E-state index is 13.5. The number of aromatic nitrogens is 2. The highest BCUT2D eigenvalue weighted by Gasteiger charge is 2.18. The normalized spacial score (nSPS) is 12.3. The third-order valence-corrected chi connectivity index (χ3v) is 5.93. The zero-order chi connectivity index (χ0) is 26.8. The quantitative estimate of drug-likeness (QED) is 0.259. The van der Waals surface area contributed by atoms with E-state index in [2.05, 4.69) is 10.1 Å². The highest BCUT2D eigenvalue weighted by Crippen LogP contribution is 2.30. The van der Waals surface area contributed by atoms with Crippen LogP contribution in [0.3, 0.4) is 0 Å². The van der Waals surface area contributed by atoms with E-state index < -0.39 is 12.1 Å². The largest absolute Gasteiger partial charge is 0.490 e. The monoisotopic (exact) mass is 531 g/mol. The maximum Gasteiger partial charge on any atom is 0.344 e. The molecule has 0 saturated heterocycles. The van der Waals surface area contributed by atoms with Crippen molar-refractivity contribution in [3.8, 4) is 23.1 Å². The molecule has 0 saturated carbocycles. The number of carboxylic acids is 1. The van der Waals surface area contributed by atoms with Crippen molar-refractivity contribution < 1.29 is 23.8 Å². The number of fused-ring (bicyclic) bond motifs is 2. The summed E-state index contributed by atoms with van der Waals surface area (Å²) in [5.74, 6) is 0.107. The number of carbonyl (C=O) groups is 1. The van der Waals surface area contributed by atoms with Crippen LogP contribution in [0, 0.1) is 0 Å². The highest BCUT2D eigenvalue weighted by atomic mass is 35.5. The van der Waals surface area contributed by atoms with Crippen LogP contribution in [-0.4, -0.2) is 39.7 Å². The summed E-state index contributed by atoms with van der Waals surface area (Å²) in [4.78, 5) is 29.3. The molecule has 0 spiro atoms. The summed E-state index contributed by atoms with van der Waals surface area (Å²) >= 11 is 6.13. The Labute approximate surface area is 221 Å². The summed E-state index contributed by atoms with van der Waals surface area (Å²) in [5, 5.41) is 15.3. The summed E-state index contributed by atoms with van der Waals surface area (Å²) in [7, 11) is 0. The molecule has 0 aliphatic heterocycles. The first-order valence-corrected chi connectivity index (χ1v) is 12.1. The van der Waals surface area contributed by atoms with Gasteiger partial charge in [-0.3, -0.25) is 4.79 Å². The summed E-state index contributed by atoms with van der Waals surface area (Å²) in [6.07, 6.45) is 0.422. The van der Waals surface area contributed by atoms with Gasteiger partial charge in [0, 0.05) is 10.4 Å². The lowest BCUT2D eigenvalue weighted by molar-refractivity contribution is -0.144. The molecule has 0 radical (unpaired) electrons. The lowest BCUT2D eigenvalue weighted by Gasteiger charge is -2.15. The zero-order valence-electron chi connectivity index (χ0n) is 20.4. The van der Waals surface area contributed by atoms with Crippen LogP contribution in [0.25, 0.3) is 33.5 Å². The second-order valence-corrected chi connectivity index (χ2v) is 8.78. The van der Waals surface area contributed by atoms with Gasteiger partial charge in [0.1, 0.15) is 5.58 Å². The predicted octanol–water partition coefficient (Wildman–Crippen LogP) is 5.60. The Morgan fingerprint density at radius 2 is 1.97 bits per heavy atom. The first kappa shape index (κ1) is 25.0. The topological polar surface area (TPSA) is 116 Å². The number of rotatable bonds is 8. The molecule has 10 heteroatoms. The number of halogens is 1. The lowest BCUT2D eigenvalue weighted by Crippen LogP contribution is -2.23. The van der Waals surface area contributed by atoms with E-state index in [1.54, 1.807) is 73.7 Å². The van der Waals surface area contributed by atoms with Crippen molar-refractivity contribution in [2.75, 3.05) is 6.61 Å². The molecule has 0 fully saturated rings. The maximum atomic E-state index is 13.5. The molecule has 1 atom stereocenters. The van der Waals surface area contributed by atoms with Crippen LogP contribution in [-0.2, 0) is 4.79 Å². The Bertz CT molecular complexity index is 1760. The smallest absolute Gasteiger partial charge is 0.344 e. The van der Waals surface area contributed by atoms with E-state index in [1.807, 2.05) is 0 Å². The molecule has 1 N–H and O–H groups in total. The molecular formula is C28H22ClN3O6. The van der Waals surface area contributed by atoms with Crippen LogP contribution >= 0.6 is 11.6 Å². The van der Waals surface area contributed by atoms with E-state index in [0.717, 1.165) is 5.39 Å². The number of benzene rings is 3. The predicted molar refractivity (Wildman–Crippen MR) is 145 cm³/mol. The summed E-state index contributed by atoms with van der Waals surface area (Å²) < 4.78 is 18.3. The molecule has 0 unspecified atom stereocenters. The fourth-order valence-electron chi connectivity index (χ4n) is 3.85. The van der Waals surface area contributed by atoms with E-state index in [9.17, 15) is 14.7 Å². The third-order valence-electron chi connectivity index (χ3n) is 5.69. The molecule has 3 aromatic carbocycles. The Balaban J connectivity index is 1.60. The van der Waals surface area contributed by atoms with E-state index in [4.69, 9.17) is 25.5 Å². The van der Waals surface area contributed by atoms with E-state index in [0.29, 0.717) is 45.2 Å². The summed E-state index contributed by atoms with van der Waals surface area (Å²) in [6, 6.07) is 18.9. The van der Waals surface area contributed by atoms with Gasteiger partial charge >= 0.3 is 5.97 Å². The van der Waals surface area contributed by atoms with E-state index in [-0.39, 0.29) is 17.1 Å². The Hall–Kier alpha value is -4.63. The molecule has 5 rings (SSSR count). The molecule has 2 heterocycles. The van der Waals surface area contributed by atoms with E-state index in [1.165, 1.54) is 17.8 Å². The minimum Gasteiger partial charge on any atom is -0.490 e. The van der Waals surface area contributed by atoms with Gasteiger partial charge in [0.05, 0.1) is 23.7 Å². The van der Waals surface area contributed by atoms with Crippen molar-refractivity contribution in [3.05, 3.63) is 87.7 Å². The van der Waals surface area contributed by atoms with Gasteiger partial charge in [-0.15, -0.1) is 0 Å². The third kappa shape index (κ3) is 4.96. The molecule has 0 aliphatic rings. The first-order chi connectivity index (χ1) is 18.3. The van der Waals surface area contributed by atoms with Gasteiger partial charge in [0.25, 0.3) is 5.56 Å². The second-order valence-electron chi connectivity index (χ2n) is 8.34. The van der Waals surface area contributed by atoms with E-state index >= 15 is 0 Å². The summed E-state index contributed by atoms with van der Waals surface area (Å²) in [6.45, 7) is 3.57. The van der Waals surface area contributed by atoms with Crippen molar-refractivity contribution in [2.24, 2.45) is 5.10 Å². The van der Waals surface area contributed by atoms with Crippen molar-refractivity contribution in [1.29, 1.82) is 0 Å². The first-order valence-electron chi connectivity index (χ1n) is 11.8. The van der Waals surface area contributed by atoms with Crippen molar-refractivity contribution in [1.82, 2.24) is 9.66 Å². The van der Waals surface area contributed by atoms with Crippen LogP contribution in [0.1, 0.15) is 19.4 Å². The fraction of sp³-hybridized carbons (Fsp3) is 0.143. The minimum absolute atomic E-state index is 0.220. The fourth-order valence-corrected chi connectivity index (χ4v) is 4.03. The van der Waals surface area contributed by atoms with Crippen LogP contribution in [0.15, 0.2) is 81.0 Å². The zero-order valence-corrected chi connectivity index (χ0v) is 21.2. The van der Waals surface area contributed by atoms with Crippen molar-refractivity contribution in [3.63, 3.8) is 0 Å². The number of ether oxygens (including phenoxy) is 2. The molecule has 0 amide bonds. The number of furan rings is 1. The minimum atomic E-state index is -1.10. The molecule has 192 valence electrons. The van der Waals surface area contributed by atoms with Gasteiger partial charge in [0.2, 0.25) is 5.82 Å². The average Bonchev–Trinajstić information content (AvgIpc) is 3.32. The van der Waals surface area contributed by atoms with Gasteiger partial charge in [-0.1, -0.05) is 23.7 Å². The second kappa shape index (κ2) is 10.4. The van der Waals surface area contributed by atoms with Crippen molar-refractivity contribution >= 4 is 45.7 Å². The van der Waals surface area contributed by atoms with Crippen LogP contribution in [0.4, 0.5) is 0 Å². The Morgan fingerprint density at radius 1 is 1.16 bits per heavy atom. The molecule has 9 nitrogen and oxygen atoms in total. The Kier molecular flexibility index (Phi) is 6.85. The molecule has 5 aromatic rings. The molecule has 2 aromatic heterocycles. The lowest BCUT2D eigenvalue weighted by atomic mass is 10.2. The highest BCUT2D eigenvalue weighted by molar-refractivity contribution is 6.31. The number of para-hydroxylation sites is 1. The van der Waals surface area contributed by atoms with Crippen LogP contribution in [0.5, 0.6) is 11.5 Å². The van der Waals surface area contributed by atoms with Gasteiger partial charge in [0.15, 0.2) is 23.4 Å². The number of hydrogen-bond donors (Lipinski definition) is 1. The molecule has 0 bridgehead atoms. The van der Waals surface area contributed by atoms with Gasteiger partial charge in [-0.05, 0) is 74.0 Å². The standard InChI is InChI=1S/C28H22ClN3O6/c1-3-36-24-12-17(8-10-23(24)37-16(2)28(34)35)15-30-32-26(31-21-7-5-4-6-20(21)27(32)33)25-14-18-13-19(29)9-11-22(18)38-25/h4-16H,3H2,1-2H3,(H,34,35)/t16-/m1/s1. The SMILES string of the molecule is CCOc1cc(C=Nn2c(-c3cc4cc(Cl)ccc4o3)nc3ccccc3c2=O)ccc1O[C@H](C)C(=O)O. The molecular weight excluding hydrogens is 510 g/mol. The number of nitrogens with zero attached hydrogens (tertiary/aromatic N) is 3. The average molecular weight is 532 g/mol. The number of aliphatic carboxylic acids is 1. The number of carboxylic acid groups (broad SMARTS) is 1. The van der Waals surface area contributed by atoms with Gasteiger partial charge in [-0.2, -0.15) is 9.78 Å². The van der Waals surface area contributed by atoms with Gasteiger partial charge in [-0.25, -0.2) is 9.78 Å². The van der Waals surface area contributed by atoms with Crippen molar-refractivity contribution in [2.45, 2.75) is 20.0 Å². The molecule has 38 heavy (non-hydrogen) atoms. The molecule has 0 aliphatic carbocycles. The van der Waals surface area contributed by atoms with Gasteiger partial charge < -0.3 is 19.0 Å². The number of hydrogen-bond acceptors (Lipinski definition) is 7. The van der Waals surface area contributed by atoms with Crippen LogP contribution < -0.4 is 15.0 Å².